The quantitative estimate of drug-likeness (QED) is 0.555. The summed E-state index contributed by atoms with van der Waals surface area (Å²) in [5.74, 6) is 0.570. The topological polar surface area (TPSA) is 83.9 Å². The summed E-state index contributed by atoms with van der Waals surface area (Å²) in [6.45, 7) is 0. The van der Waals surface area contributed by atoms with E-state index in [9.17, 15) is 10.1 Å². The molecule has 0 saturated heterocycles. The van der Waals surface area contributed by atoms with Crippen LogP contribution in [-0.4, -0.2) is 14.9 Å². The van der Waals surface area contributed by atoms with Crippen LogP contribution in [0, 0.1) is 10.1 Å². The monoisotopic (exact) mass is 254 g/mol. The molecule has 0 saturated carbocycles. The molecule has 0 spiro atoms. The van der Waals surface area contributed by atoms with E-state index in [2.05, 4.69) is 15.3 Å². The van der Waals surface area contributed by atoms with Crippen molar-refractivity contribution in [2.24, 2.45) is 0 Å². The Bertz CT molecular complexity index is 734. The van der Waals surface area contributed by atoms with E-state index in [1.807, 2.05) is 30.5 Å². The van der Waals surface area contributed by atoms with E-state index in [0.717, 1.165) is 16.6 Å². The molecule has 6 nitrogen and oxygen atoms in total. The number of fused-ring (bicyclic) bond motifs is 1. The molecular weight excluding hydrogens is 244 g/mol. The Balaban J connectivity index is 1.85. The molecule has 19 heavy (non-hydrogen) atoms. The lowest BCUT2D eigenvalue weighted by Gasteiger charge is -2.05. The molecule has 0 fully saturated rings. The maximum absolute atomic E-state index is 10.5. The predicted molar refractivity (Wildman–Crippen MR) is 72.5 cm³/mol. The summed E-state index contributed by atoms with van der Waals surface area (Å²) in [5, 5.41) is 14.7. The minimum atomic E-state index is -0.470. The van der Waals surface area contributed by atoms with Crippen LogP contribution in [0.15, 0.2) is 48.8 Å². The third-order valence-corrected chi connectivity index (χ3v) is 2.78. The SMILES string of the molecule is O=[N+]([O-])c1ccc(Nc2ccc3[nH]ccc3c2)nc1. The van der Waals surface area contributed by atoms with Gasteiger partial charge in [0.25, 0.3) is 5.69 Å². The summed E-state index contributed by atoms with van der Waals surface area (Å²) in [4.78, 5) is 17.2. The maximum atomic E-state index is 10.5. The van der Waals surface area contributed by atoms with Gasteiger partial charge in [0, 0.05) is 28.9 Å². The molecule has 0 aliphatic heterocycles. The number of aromatic amines is 1. The fourth-order valence-electron chi connectivity index (χ4n) is 1.85. The second-order valence-electron chi connectivity index (χ2n) is 4.06. The maximum Gasteiger partial charge on any atom is 0.287 e. The van der Waals surface area contributed by atoms with E-state index in [0.29, 0.717) is 5.82 Å². The number of rotatable bonds is 3. The average molecular weight is 254 g/mol. The van der Waals surface area contributed by atoms with Crippen molar-refractivity contribution in [2.75, 3.05) is 5.32 Å². The van der Waals surface area contributed by atoms with Crippen LogP contribution in [-0.2, 0) is 0 Å². The first-order chi connectivity index (χ1) is 9.22. The zero-order chi connectivity index (χ0) is 13.2. The zero-order valence-corrected chi connectivity index (χ0v) is 9.83. The average Bonchev–Trinajstić information content (AvgIpc) is 2.87. The summed E-state index contributed by atoms with van der Waals surface area (Å²) in [5.41, 5.74) is 1.92. The van der Waals surface area contributed by atoms with E-state index in [4.69, 9.17) is 0 Å². The van der Waals surface area contributed by atoms with E-state index in [1.54, 1.807) is 6.07 Å². The Morgan fingerprint density at radius 2 is 2.11 bits per heavy atom. The second kappa shape index (κ2) is 4.41. The molecule has 2 heterocycles. The van der Waals surface area contributed by atoms with Gasteiger partial charge in [-0.25, -0.2) is 4.98 Å². The highest BCUT2D eigenvalue weighted by Crippen LogP contribution is 2.21. The smallest absolute Gasteiger partial charge is 0.287 e. The Morgan fingerprint density at radius 1 is 1.21 bits per heavy atom. The molecule has 0 aliphatic rings. The number of nitro groups is 1. The van der Waals surface area contributed by atoms with Crippen LogP contribution in [0.3, 0.4) is 0 Å². The van der Waals surface area contributed by atoms with Crippen LogP contribution < -0.4 is 5.32 Å². The van der Waals surface area contributed by atoms with Gasteiger partial charge in [-0.2, -0.15) is 0 Å². The van der Waals surface area contributed by atoms with Crippen molar-refractivity contribution in [3.8, 4) is 0 Å². The van der Waals surface area contributed by atoms with E-state index in [-0.39, 0.29) is 5.69 Å². The van der Waals surface area contributed by atoms with Gasteiger partial charge in [0.05, 0.1) is 4.92 Å². The standard InChI is InChI=1S/C13H10N4O2/c18-17(19)11-2-4-13(15-8-11)16-10-1-3-12-9(7-10)5-6-14-12/h1-8,14H,(H,15,16). The molecule has 0 amide bonds. The van der Waals surface area contributed by atoms with Crippen molar-refractivity contribution in [3.63, 3.8) is 0 Å². The van der Waals surface area contributed by atoms with E-state index >= 15 is 0 Å². The molecule has 2 aromatic heterocycles. The van der Waals surface area contributed by atoms with Crippen LogP contribution in [0.5, 0.6) is 0 Å². The third kappa shape index (κ3) is 2.23. The fraction of sp³-hybridized carbons (Fsp3) is 0. The molecule has 3 rings (SSSR count). The summed E-state index contributed by atoms with van der Waals surface area (Å²) in [6, 6.07) is 10.8. The Hall–Kier alpha value is -2.89. The van der Waals surface area contributed by atoms with Gasteiger partial charge in [0.15, 0.2) is 0 Å². The minimum Gasteiger partial charge on any atom is -0.361 e. The highest BCUT2D eigenvalue weighted by atomic mass is 16.6. The number of nitrogens with one attached hydrogen (secondary N) is 2. The summed E-state index contributed by atoms with van der Waals surface area (Å²) in [6.07, 6.45) is 3.11. The number of aromatic nitrogens is 2. The van der Waals surface area contributed by atoms with Crippen molar-refractivity contribution in [1.82, 2.24) is 9.97 Å². The molecule has 0 aliphatic carbocycles. The van der Waals surface area contributed by atoms with Crippen molar-refractivity contribution in [1.29, 1.82) is 0 Å². The second-order valence-corrected chi connectivity index (χ2v) is 4.06. The first-order valence-corrected chi connectivity index (χ1v) is 5.67. The number of H-pyrrole nitrogens is 1. The Labute approximate surface area is 108 Å². The summed E-state index contributed by atoms with van der Waals surface area (Å²) < 4.78 is 0. The van der Waals surface area contributed by atoms with Crippen LogP contribution >= 0.6 is 0 Å². The summed E-state index contributed by atoms with van der Waals surface area (Å²) in [7, 11) is 0. The molecule has 0 unspecified atom stereocenters. The van der Waals surface area contributed by atoms with Gasteiger partial charge in [-0.05, 0) is 30.3 Å². The van der Waals surface area contributed by atoms with Gasteiger partial charge < -0.3 is 10.3 Å². The molecule has 6 heteroatoms. The number of hydrogen-bond donors (Lipinski definition) is 2. The number of anilines is 2. The normalized spacial score (nSPS) is 10.5. The van der Waals surface area contributed by atoms with E-state index < -0.39 is 4.92 Å². The highest BCUT2D eigenvalue weighted by Gasteiger charge is 2.05. The zero-order valence-electron chi connectivity index (χ0n) is 9.83. The first-order valence-electron chi connectivity index (χ1n) is 5.67. The largest absolute Gasteiger partial charge is 0.361 e. The van der Waals surface area contributed by atoms with Crippen LogP contribution in [0.4, 0.5) is 17.2 Å². The highest BCUT2D eigenvalue weighted by molar-refractivity contribution is 5.83. The van der Waals surface area contributed by atoms with Crippen molar-refractivity contribution in [2.45, 2.75) is 0 Å². The van der Waals surface area contributed by atoms with Gasteiger partial charge in [0.1, 0.15) is 12.0 Å². The van der Waals surface area contributed by atoms with Crippen molar-refractivity contribution >= 4 is 28.1 Å². The fourth-order valence-corrected chi connectivity index (χ4v) is 1.85. The third-order valence-electron chi connectivity index (χ3n) is 2.78. The van der Waals surface area contributed by atoms with Crippen molar-refractivity contribution < 1.29 is 4.92 Å². The Morgan fingerprint density at radius 3 is 2.84 bits per heavy atom. The van der Waals surface area contributed by atoms with Gasteiger partial charge >= 0.3 is 0 Å². The predicted octanol–water partition coefficient (Wildman–Crippen LogP) is 3.21. The Kier molecular flexibility index (Phi) is 2.60. The van der Waals surface area contributed by atoms with E-state index in [1.165, 1.54) is 12.3 Å². The minimum absolute atomic E-state index is 0.0216. The summed E-state index contributed by atoms with van der Waals surface area (Å²) >= 11 is 0. The van der Waals surface area contributed by atoms with Crippen LogP contribution in [0.1, 0.15) is 0 Å². The lowest BCUT2D eigenvalue weighted by atomic mass is 10.2. The number of nitrogens with zero attached hydrogens (tertiary/aromatic N) is 2. The van der Waals surface area contributed by atoms with Gasteiger partial charge in [0.2, 0.25) is 0 Å². The molecular formula is C13H10N4O2. The number of benzene rings is 1. The van der Waals surface area contributed by atoms with Gasteiger partial charge in [-0.3, -0.25) is 10.1 Å². The number of pyridine rings is 1. The first kappa shape index (κ1) is 11.2. The molecule has 3 aromatic rings. The molecule has 94 valence electrons. The lowest BCUT2D eigenvalue weighted by molar-refractivity contribution is -0.385. The molecule has 0 atom stereocenters. The lowest BCUT2D eigenvalue weighted by Crippen LogP contribution is -1.94. The molecule has 0 radical (unpaired) electrons. The van der Waals surface area contributed by atoms with Gasteiger partial charge in [-0.15, -0.1) is 0 Å². The molecule has 2 N–H and O–H groups in total. The molecule has 0 bridgehead atoms. The number of hydrogen-bond acceptors (Lipinski definition) is 4. The van der Waals surface area contributed by atoms with Gasteiger partial charge in [-0.1, -0.05) is 0 Å². The van der Waals surface area contributed by atoms with Crippen molar-refractivity contribution in [3.05, 3.63) is 58.9 Å². The van der Waals surface area contributed by atoms with Crippen LogP contribution in [0.25, 0.3) is 10.9 Å². The molecule has 1 aromatic carbocycles. The van der Waals surface area contributed by atoms with Crippen LogP contribution in [0.2, 0.25) is 0 Å².